The largest absolute Gasteiger partial charge is 0.377 e. The molecule has 1 rings (SSSR count). The van der Waals surface area contributed by atoms with Gasteiger partial charge in [-0.05, 0) is 26.1 Å². The summed E-state index contributed by atoms with van der Waals surface area (Å²) in [7, 11) is 3.53. The van der Waals surface area contributed by atoms with Crippen LogP contribution in [0.5, 0.6) is 0 Å². The maximum Gasteiger partial charge on any atom is 0.0971 e. The van der Waals surface area contributed by atoms with Gasteiger partial charge in [-0.25, -0.2) is 0 Å². The summed E-state index contributed by atoms with van der Waals surface area (Å²) in [5, 5.41) is 3.33. The number of hydrogen-bond donors (Lipinski definition) is 1. The Kier molecular flexibility index (Phi) is 6.17. The van der Waals surface area contributed by atoms with Crippen molar-refractivity contribution in [2.24, 2.45) is 0 Å². The van der Waals surface area contributed by atoms with E-state index in [1.54, 1.807) is 14.2 Å². The number of nitrogens with one attached hydrogen (secondary N) is 1. The average molecular weight is 216 g/mol. The molecule has 1 heterocycles. The smallest absolute Gasteiger partial charge is 0.0971 e. The van der Waals surface area contributed by atoms with Crippen molar-refractivity contribution in [2.45, 2.75) is 25.6 Å². The van der Waals surface area contributed by atoms with Gasteiger partial charge in [0.2, 0.25) is 0 Å². The second-order valence-electron chi connectivity index (χ2n) is 4.01. The molecule has 15 heavy (non-hydrogen) atoms. The molecule has 0 aliphatic carbocycles. The lowest BCUT2D eigenvalue weighted by Crippen LogP contribution is -2.27. The molecule has 1 N–H and O–H groups in total. The van der Waals surface area contributed by atoms with Crippen LogP contribution in [0.2, 0.25) is 0 Å². The van der Waals surface area contributed by atoms with Crippen LogP contribution in [0.4, 0.5) is 0 Å². The van der Waals surface area contributed by atoms with Crippen LogP contribution in [-0.2, 0) is 9.47 Å². The Labute approximate surface area is 92.9 Å². The summed E-state index contributed by atoms with van der Waals surface area (Å²) >= 11 is 0. The van der Waals surface area contributed by atoms with E-state index in [1.165, 1.54) is 6.42 Å². The minimum absolute atomic E-state index is 0.245. The first-order valence-corrected chi connectivity index (χ1v) is 5.80. The van der Waals surface area contributed by atoms with E-state index >= 15 is 0 Å². The van der Waals surface area contributed by atoms with Crippen LogP contribution >= 0.6 is 0 Å². The Hall–Kier alpha value is -0.160. The first-order chi connectivity index (χ1) is 7.31. The van der Waals surface area contributed by atoms with Crippen LogP contribution in [0.1, 0.15) is 13.3 Å². The van der Waals surface area contributed by atoms with E-state index in [1.807, 2.05) is 0 Å². The maximum atomic E-state index is 5.39. The summed E-state index contributed by atoms with van der Waals surface area (Å²) in [6.45, 7) is 7.43. The third-order valence-corrected chi connectivity index (χ3v) is 2.97. The van der Waals surface area contributed by atoms with E-state index in [0.717, 1.165) is 32.7 Å². The number of ether oxygens (including phenoxy) is 2. The zero-order valence-corrected chi connectivity index (χ0v) is 10.2. The Morgan fingerprint density at radius 2 is 1.80 bits per heavy atom. The number of hydrogen-bond acceptors (Lipinski definition) is 4. The highest BCUT2D eigenvalue weighted by Crippen LogP contribution is 2.15. The molecule has 2 atom stereocenters. The Morgan fingerprint density at radius 1 is 1.20 bits per heavy atom. The second kappa shape index (κ2) is 7.17. The third-order valence-electron chi connectivity index (χ3n) is 2.97. The number of nitrogens with zero attached hydrogens (tertiary/aromatic N) is 1. The van der Waals surface area contributed by atoms with Crippen LogP contribution < -0.4 is 5.32 Å². The average Bonchev–Trinajstić information content (AvgIpc) is 2.67. The molecule has 0 aromatic rings. The standard InChI is InChI=1S/C11H24N2O2/c1-4-12-6-5-7-13-8-10(14-2)11(9-13)15-3/h10-12H,4-9H2,1-3H3. The highest BCUT2D eigenvalue weighted by atomic mass is 16.5. The topological polar surface area (TPSA) is 33.7 Å². The summed E-state index contributed by atoms with van der Waals surface area (Å²) < 4.78 is 10.8. The van der Waals surface area contributed by atoms with Crippen molar-refractivity contribution in [1.29, 1.82) is 0 Å². The minimum atomic E-state index is 0.245. The molecule has 0 spiro atoms. The molecule has 0 amide bonds. The van der Waals surface area contributed by atoms with Gasteiger partial charge in [-0.2, -0.15) is 0 Å². The quantitative estimate of drug-likeness (QED) is 0.622. The van der Waals surface area contributed by atoms with Crippen LogP contribution in [-0.4, -0.2) is 64.1 Å². The third kappa shape index (κ3) is 4.07. The van der Waals surface area contributed by atoms with Gasteiger partial charge < -0.3 is 14.8 Å². The molecule has 0 aromatic heterocycles. The summed E-state index contributed by atoms with van der Waals surface area (Å²) in [5.41, 5.74) is 0. The van der Waals surface area contributed by atoms with E-state index in [0.29, 0.717) is 0 Å². The van der Waals surface area contributed by atoms with Gasteiger partial charge >= 0.3 is 0 Å². The van der Waals surface area contributed by atoms with Crippen LogP contribution in [0.25, 0.3) is 0 Å². The van der Waals surface area contributed by atoms with Crippen molar-refractivity contribution in [2.75, 3.05) is 46.9 Å². The molecule has 90 valence electrons. The first kappa shape index (κ1) is 12.9. The molecule has 2 unspecified atom stereocenters. The predicted molar refractivity (Wildman–Crippen MR) is 61.2 cm³/mol. The lowest BCUT2D eigenvalue weighted by atomic mass is 10.3. The molecule has 0 saturated carbocycles. The highest BCUT2D eigenvalue weighted by molar-refractivity contribution is 4.85. The Morgan fingerprint density at radius 3 is 2.27 bits per heavy atom. The SMILES string of the molecule is CCNCCCN1CC(OC)C(OC)C1. The van der Waals surface area contributed by atoms with Gasteiger partial charge in [0, 0.05) is 27.3 Å². The molecular weight excluding hydrogens is 192 g/mol. The molecule has 0 radical (unpaired) electrons. The van der Waals surface area contributed by atoms with E-state index in [-0.39, 0.29) is 12.2 Å². The summed E-state index contributed by atoms with van der Waals surface area (Å²) in [4.78, 5) is 2.42. The van der Waals surface area contributed by atoms with Gasteiger partial charge in [0.05, 0.1) is 12.2 Å². The number of rotatable bonds is 7. The zero-order valence-electron chi connectivity index (χ0n) is 10.2. The van der Waals surface area contributed by atoms with Gasteiger partial charge in [0.15, 0.2) is 0 Å². The van der Waals surface area contributed by atoms with Gasteiger partial charge in [0.1, 0.15) is 0 Å². The molecule has 1 fully saturated rings. The van der Waals surface area contributed by atoms with Crippen LogP contribution in [0.3, 0.4) is 0 Å². The van der Waals surface area contributed by atoms with E-state index in [9.17, 15) is 0 Å². The van der Waals surface area contributed by atoms with E-state index < -0.39 is 0 Å². The van der Waals surface area contributed by atoms with Crippen LogP contribution in [0.15, 0.2) is 0 Å². The van der Waals surface area contributed by atoms with E-state index in [4.69, 9.17) is 9.47 Å². The molecule has 1 aliphatic heterocycles. The fraction of sp³-hybridized carbons (Fsp3) is 1.00. The minimum Gasteiger partial charge on any atom is -0.377 e. The van der Waals surface area contributed by atoms with Gasteiger partial charge in [-0.1, -0.05) is 6.92 Å². The summed E-state index contributed by atoms with van der Waals surface area (Å²) in [6, 6.07) is 0. The molecular formula is C11H24N2O2. The normalized spacial score (nSPS) is 27.4. The molecule has 1 aliphatic rings. The number of likely N-dealkylation sites (tertiary alicyclic amines) is 1. The predicted octanol–water partition coefficient (Wildman–Crippen LogP) is 0.332. The number of methoxy groups -OCH3 is 2. The summed E-state index contributed by atoms with van der Waals surface area (Å²) in [5.74, 6) is 0. The van der Waals surface area contributed by atoms with Crippen molar-refractivity contribution in [3.8, 4) is 0 Å². The zero-order chi connectivity index (χ0) is 11.1. The molecule has 1 saturated heterocycles. The van der Waals surface area contributed by atoms with Crippen molar-refractivity contribution in [1.82, 2.24) is 10.2 Å². The van der Waals surface area contributed by atoms with Crippen molar-refractivity contribution < 1.29 is 9.47 Å². The Balaban J connectivity index is 2.16. The molecule has 4 nitrogen and oxygen atoms in total. The fourth-order valence-electron chi connectivity index (χ4n) is 2.06. The van der Waals surface area contributed by atoms with Gasteiger partial charge in [-0.3, -0.25) is 4.90 Å². The van der Waals surface area contributed by atoms with Crippen molar-refractivity contribution in [3.05, 3.63) is 0 Å². The molecule has 4 heteroatoms. The monoisotopic (exact) mass is 216 g/mol. The Bertz CT molecular complexity index is 155. The van der Waals surface area contributed by atoms with E-state index in [2.05, 4.69) is 17.1 Å². The highest BCUT2D eigenvalue weighted by Gasteiger charge is 2.32. The van der Waals surface area contributed by atoms with Crippen molar-refractivity contribution in [3.63, 3.8) is 0 Å². The lowest BCUT2D eigenvalue weighted by molar-refractivity contribution is -0.00461. The van der Waals surface area contributed by atoms with Gasteiger partial charge in [-0.15, -0.1) is 0 Å². The summed E-state index contributed by atoms with van der Waals surface area (Å²) in [6.07, 6.45) is 1.68. The molecule has 0 bridgehead atoms. The van der Waals surface area contributed by atoms with Gasteiger partial charge in [0.25, 0.3) is 0 Å². The van der Waals surface area contributed by atoms with Crippen LogP contribution in [0, 0.1) is 0 Å². The first-order valence-electron chi connectivity index (χ1n) is 5.80. The van der Waals surface area contributed by atoms with Crippen molar-refractivity contribution >= 4 is 0 Å². The lowest BCUT2D eigenvalue weighted by Gasteiger charge is -2.14. The maximum absolute atomic E-state index is 5.39. The fourth-order valence-corrected chi connectivity index (χ4v) is 2.06. The molecule has 0 aromatic carbocycles. The second-order valence-corrected chi connectivity index (χ2v) is 4.01.